The highest BCUT2D eigenvalue weighted by atomic mass is 127. The normalized spacial score (nSPS) is 13.4. The first kappa shape index (κ1) is 23.0. The number of amides is 1. The molecule has 8 nitrogen and oxygen atoms in total. The van der Waals surface area contributed by atoms with Crippen LogP contribution in [0, 0.1) is 13.8 Å². The number of para-hydroxylation sites is 2. The number of guanidine groups is 1. The maximum Gasteiger partial charge on any atom is 0.265 e. The van der Waals surface area contributed by atoms with E-state index in [1.165, 1.54) is 0 Å². The van der Waals surface area contributed by atoms with Crippen LogP contribution in [0.25, 0.3) is 0 Å². The second-order valence-electron chi connectivity index (χ2n) is 6.53. The number of aromatic nitrogens is 1. The van der Waals surface area contributed by atoms with Gasteiger partial charge < -0.3 is 24.7 Å². The highest BCUT2D eigenvalue weighted by Crippen LogP contribution is 2.31. The second kappa shape index (κ2) is 11.0. The Labute approximate surface area is 188 Å². The van der Waals surface area contributed by atoms with E-state index >= 15 is 0 Å². The van der Waals surface area contributed by atoms with E-state index in [2.05, 4.69) is 20.6 Å². The van der Waals surface area contributed by atoms with Crippen LogP contribution in [0.3, 0.4) is 0 Å². The van der Waals surface area contributed by atoms with Crippen LogP contribution in [0.4, 0.5) is 5.69 Å². The molecule has 0 unspecified atom stereocenters. The number of carbonyl (C=O) groups excluding carboxylic acids is 1. The molecule has 1 amide bonds. The predicted octanol–water partition coefficient (Wildman–Crippen LogP) is 2.78. The van der Waals surface area contributed by atoms with Gasteiger partial charge in [-0.05, 0) is 39.3 Å². The third kappa shape index (κ3) is 6.09. The van der Waals surface area contributed by atoms with Crippen molar-refractivity contribution in [1.29, 1.82) is 0 Å². The van der Waals surface area contributed by atoms with E-state index in [4.69, 9.17) is 9.15 Å². The van der Waals surface area contributed by atoms with Crippen molar-refractivity contribution < 1.29 is 13.9 Å². The summed E-state index contributed by atoms with van der Waals surface area (Å²) < 4.78 is 11.0. The van der Waals surface area contributed by atoms with E-state index in [1.807, 2.05) is 45.0 Å². The Kier molecular flexibility index (Phi) is 8.74. The number of aliphatic imine (C=N–C) groups is 1. The molecule has 0 bridgehead atoms. The molecular formula is C20H28IN5O3. The van der Waals surface area contributed by atoms with Crippen LogP contribution >= 0.6 is 24.0 Å². The molecule has 158 valence electrons. The number of nitrogens with one attached hydrogen (secondary N) is 2. The highest BCUT2D eigenvalue weighted by molar-refractivity contribution is 14.0. The van der Waals surface area contributed by atoms with Gasteiger partial charge in [-0.2, -0.15) is 0 Å². The first-order chi connectivity index (χ1) is 13.6. The Bertz CT molecular complexity index is 833. The number of rotatable bonds is 7. The summed E-state index contributed by atoms with van der Waals surface area (Å²) in [5, 5.41) is 6.50. The zero-order valence-corrected chi connectivity index (χ0v) is 19.4. The van der Waals surface area contributed by atoms with Crippen LogP contribution in [0.15, 0.2) is 33.7 Å². The standard InChI is InChI=1S/C20H27N5O3.HI/c1-4-21-20(23-12-18-24-14(2)15(3)28-18)22-10-7-11-25-16-8-5-6-9-17(16)27-13-19(25)26;/h5-6,8-9H,4,7,10-13H2,1-3H3,(H2,21,22,23);1H. The molecule has 0 saturated heterocycles. The number of benzene rings is 1. The minimum atomic E-state index is -0.0195. The minimum Gasteiger partial charge on any atom is -0.482 e. The summed E-state index contributed by atoms with van der Waals surface area (Å²) in [4.78, 5) is 22.8. The molecule has 0 saturated carbocycles. The fourth-order valence-electron chi connectivity index (χ4n) is 2.94. The summed E-state index contributed by atoms with van der Waals surface area (Å²) in [6.45, 7) is 8.34. The summed E-state index contributed by atoms with van der Waals surface area (Å²) in [7, 11) is 0. The maximum absolute atomic E-state index is 12.2. The third-order valence-corrected chi connectivity index (χ3v) is 4.45. The Morgan fingerprint density at radius 3 is 2.79 bits per heavy atom. The zero-order valence-electron chi connectivity index (χ0n) is 17.0. The number of hydrogen-bond acceptors (Lipinski definition) is 5. The van der Waals surface area contributed by atoms with Crippen LogP contribution in [0.1, 0.15) is 30.7 Å². The average Bonchev–Trinajstić information content (AvgIpc) is 3.02. The van der Waals surface area contributed by atoms with Crippen LogP contribution in [0.2, 0.25) is 0 Å². The molecule has 0 radical (unpaired) electrons. The quantitative estimate of drug-likeness (QED) is 0.256. The van der Waals surface area contributed by atoms with Crippen molar-refractivity contribution in [3.63, 3.8) is 0 Å². The van der Waals surface area contributed by atoms with Crippen LogP contribution < -0.4 is 20.3 Å². The lowest BCUT2D eigenvalue weighted by atomic mass is 10.2. The number of fused-ring (bicyclic) bond motifs is 1. The number of anilines is 1. The molecule has 29 heavy (non-hydrogen) atoms. The van der Waals surface area contributed by atoms with Gasteiger partial charge in [0.15, 0.2) is 12.6 Å². The second-order valence-corrected chi connectivity index (χ2v) is 6.53. The largest absolute Gasteiger partial charge is 0.482 e. The minimum absolute atomic E-state index is 0. The van der Waals surface area contributed by atoms with Gasteiger partial charge in [0.2, 0.25) is 5.89 Å². The molecule has 2 heterocycles. The van der Waals surface area contributed by atoms with Gasteiger partial charge in [-0.1, -0.05) is 12.1 Å². The smallest absolute Gasteiger partial charge is 0.265 e. The summed E-state index contributed by atoms with van der Waals surface area (Å²) in [5.41, 5.74) is 1.72. The molecule has 0 aliphatic carbocycles. The molecule has 1 aromatic heterocycles. The number of halogens is 1. The van der Waals surface area contributed by atoms with E-state index in [-0.39, 0.29) is 36.5 Å². The summed E-state index contributed by atoms with van der Waals surface area (Å²) in [6.07, 6.45) is 0.779. The first-order valence-corrected chi connectivity index (χ1v) is 9.55. The lowest BCUT2D eigenvalue weighted by molar-refractivity contribution is -0.121. The van der Waals surface area contributed by atoms with Gasteiger partial charge in [-0.3, -0.25) is 4.79 Å². The van der Waals surface area contributed by atoms with E-state index in [0.717, 1.165) is 35.9 Å². The van der Waals surface area contributed by atoms with Crippen molar-refractivity contribution in [2.45, 2.75) is 33.7 Å². The summed E-state index contributed by atoms with van der Waals surface area (Å²) in [6, 6.07) is 7.61. The van der Waals surface area contributed by atoms with E-state index in [1.54, 1.807) is 4.90 Å². The van der Waals surface area contributed by atoms with Gasteiger partial charge in [0.05, 0.1) is 11.4 Å². The number of carbonyl (C=O) groups is 1. The molecular weight excluding hydrogens is 485 g/mol. The molecule has 0 atom stereocenters. The van der Waals surface area contributed by atoms with Crippen LogP contribution in [0.5, 0.6) is 5.75 Å². The molecule has 1 aliphatic rings. The summed E-state index contributed by atoms with van der Waals surface area (Å²) >= 11 is 0. The molecule has 2 N–H and O–H groups in total. The van der Waals surface area contributed by atoms with Crippen molar-refractivity contribution in [1.82, 2.24) is 15.6 Å². The lowest BCUT2D eigenvalue weighted by Crippen LogP contribution is -2.42. The number of ether oxygens (including phenoxy) is 1. The van der Waals surface area contributed by atoms with Crippen LogP contribution in [-0.2, 0) is 11.3 Å². The average molecular weight is 513 g/mol. The van der Waals surface area contributed by atoms with Gasteiger partial charge in [-0.15, -0.1) is 24.0 Å². The summed E-state index contributed by atoms with van der Waals surface area (Å²) in [5.74, 6) is 2.85. The van der Waals surface area contributed by atoms with Gasteiger partial charge >= 0.3 is 0 Å². The SMILES string of the molecule is CCNC(=NCc1nc(C)c(C)o1)NCCCN1C(=O)COc2ccccc21.I. The lowest BCUT2D eigenvalue weighted by Gasteiger charge is -2.29. The van der Waals surface area contributed by atoms with Crippen molar-refractivity contribution in [3.05, 3.63) is 41.6 Å². The number of nitrogens with zero attached hydrogens (tertiary/aromatic N) is 3. The van der Waals surface area contributed by atoms with Gasteiger partial charge in [0.1, 0.15) is 18.1 Å². The van der Waals surface area contributed by atoms with Crippen LogP contribution in [-0.4, -0.2) is 43.1 Å². The Balaban J connectivity index is 0.00000300. The highest BCUT2D eigenvalue weighted by Gasteiger charge is 2.24. The molecule has 9 heteroatoms. The van der Waals surface area contributed by atoms with Crippen molar-refractivity contribution in [2.24, 2.45) is 4.99 Å². The Morgan fingerprint density at radius 1 is 1.28 bits per heavy atom. The van der Waals surface area contributed by atoms with Gasteiger partial charge in [0.25, 0.3) is 5.91 Å². The molecule has 0 spiro atoms. The monoisotopic (exact) mass is 513 g/mol. The number of oxazole rings is 1. The van der Waals surface area contributed by atoms with Gasteiger partial charge in [-0.25, -0.2) is 9.98 Å². The number of aryl methyl sites for hydroxylation is 2. The Hall–Kier alpha value is -2.30. The molecule has 3 rings (SSSR count). The zero-order chi connectivity index (χ0) is 19.9. The van der Waals surface area contributed by atoms with Crippen molar-refractivity contribution in [2.75, 3.05) is 31.1 Å². The molecule has 1 aromatic carbocycles. The Morgan fingerprint density at radius 2 is 2.07 bits per heavy atom. The van der Waals surface area contributed by atoms with E-state index in [0.29, 0.717) is 31.5 Å². The third-order valence-electron chi connectivity index (χ3n) is 4.45. The van der Waals surface area contributed by atoms with Crippen molar-refractivity contribution in [3.8, 4) is 5.75 Å². The predicted molar refractivity (Wildman–Crippen MR) is 123 cm³/mol. The topological polar surface area (TPSA) is 92.0 Å². The van der Waals surface area contributed by atoms with E-state index < -0.39 is 0 Å². The fourth-order valence-corrected chi connectivity index (χ4v) is 2.94. The van der Waals surface area contributed by atoms with Gasteiger partial charge in [0, 0.05) is 19.6 Å². The molecule has 0 fully saturated rings. The molecule has 2 aromatic rings. The molecule has 1 aliphatic heterocycles. The number of hydrogen-bond donors (Lipinski definition) is 2. The van der Waals surface area contributed by atoms with Crippen molar-refractivity contribution >= 4 is 41.5 Å². The van der Waals surface area contributed by atoms with E-state index in [9.17, 15) is 4.79 Å². The first-order valence-electron chi connectivity index (χ1n) is 9.55. The maximum atomic E-state index is 12.2. The fraction of sp³-hybridized carbons (Fsp3) is 0.450.